The third-order valence-corrected chi connectivity index (χ3v) is 5.91. The third kappa shape index (κ3) is 4.98. The van der Waals surface area contributed by atoms with Crippen LogP contribution in [0, 0.1) is 11.8 Å². The second kappa shape index (κ2) is 8.32. The number of hydrogen-bond acceptors (Lipinski definition) is 3. The zero-order valence-electron chi connectivity index (χ0n) is 13.4. The molecule has 0 saturated carbocycles. The van der Waals surface area contributed by atoms with Gasteiger partial charge in [-0.15, -0.1) is 0 Å². The van der Waals surface area contributed by atoms with E-state index >= 15 is 0 Å². The fourth-order valence-corrected chi connectivity index (χ4v) is 4.46. The van der Waals surface area contributed by atoms with E-state index in [4.69, 9.17) is 0 Å². The Morgan fingerprint density at radius 3 is 2.30 bits per heavy atom. The molecule has 0 radical (unpaired) electrons. The van der Waals surface area contributed by atoms with Gasteiger partial charge in [0.2, 0.25) is 0 Å². The Balaban J connectivity index is 2.57. The first kappa shape index (κ1) is 17.9. The number of nitrogens with zero attached hydrogens (tertiary/aromatic N) is 2. The van der Waals surface area contributed by atoms with Gasteiger partial charge in [0.25, 0.3) is 10.2 Å². The summed E-state index contributed by atoms with van der Waals surface area (Å²) in [4.78, 5) is 0. The van der Waals surface area contributed by atoms with Crippen molar-refractivity contribution in [1.82, 2.24) is 13.9 Å². The lowest BCUT2D eigenvalue weighted by atomic mass is 9.98. The highest BCUT2D eigenvalue weighted by atomic mass is 32.2. The van der Waals surface area contributed by atoms with Gasteiger partial charge >= 0.3 is 0 Å². The van der Waals surface area contributed by atoms with Gasteiger partial charge in [0.15, 0.2) is 0 Å². The highest BCUT2D eigenvalue weighted by Gasteiger charge is 2.32. The van der Waals surface area contributed by atoms with Crippen molar-refractivity contribution in [2.45, 2.75) is 40.5 Å². The predicted octanol–water partition coefficient (Wildman–Crippen LogP) is 1.53. The Morgan fingerprint density at radius 2 is 1.85 bits per heavy atom. The molecule has 0 unspecified atom stereocenters. The molecule has 5 nitrogen and oxygen atoms in total. The Morgan fingerprint density at radius 1 is 1.25 bits per heavy atom. The van der Waals surface area contributed by atoms with E-state index in [0.29, 0.717) is 38.0 Å². The minimum atomic E-state index is -3.27. The van der Waals surface area contributed by atoms with Crippen LogP contribution < -0.4 is 5.32 Å². The molecule has 6 heteroatoms. The topological polar surface area (TPSA) is 52.7 Å². The fraction of sp³-hybridized carbons (Fsp3) is 1.00. The van der Waals surface area contributed by atoms with Gasteiger partial charge in [0, 0.05) is 26.2 Å². The summed E-state index contributed by atoms with van der Waals surface area (Å²) in [6, 6.07) is 0. The largest absolute Gasteiger partial charge is 0.317 e. The lowest BCUT2D eigenvalue weighted by Crippen LogP contribution is -2.48. The van der Waals surface area contributed by atoms with Crippen LogP contribution in [0.1, 0.15) is 40.5 Å². The Labute approximate surface area is 124 Å². The third-order valence-electron chi connectivity index (χ3n) is 3.83. The molecule has 1 saturated heterocycles. The summed E-state index contributed by atoms with van der Waals surface area (Å²) >= 11 is 0. The molecule has 1 fully saturated rings. The normalized spacial score (nSPS) is 19.1. The van der Waals surface area contributed by atoms with E-state index in [-0.39, 0.29) is 0 Å². The monoisotopic (exact) mass is 305 g/mol. The van der Waals surface area contributed by atoms with Crippen LogP contribution in [-0.2, 0) is 10.2 Å². The maximum atomic E-state index is 12.6. The van der Waals surface area contributed by atoms with E-state index in [1.54, 1.807) is 8.61 Å². The molecule has 0 aromatic carbocycles. The number of rotatable bonds is 8. The van der Waals surface area contributed by atoms with Crippen LogP contribution in [0.4, 0.5) is 0 Å². The minimum absolute atomic E-state index is 0.357. The van der Waals surface area contributed by atoms with Gasteiger partial charge in [-0.3, -0.25) is 0 Å². The summed E-state index contributed by atoms with van der Waals surface area (Å²) in [6.45, 7) is 12.6. The number of hydrogen-bond donors (Lipinski definition) is 1. The van der Waals surface area contributed by atoms with Crippen molar-refractivity contribution in [2.75, 3.05) is 39.3 Å². The van der Waals surface area contributed by atoms with Gasteiger partial charge in [-0.1, -0.05) is 27.7 Å². The molecule has 1 heterocycles. The molecule has 1 aliphatic heterocycles. The van der Waals surface area contributed by atoms with Crippen molar-refractivity contribution in [3.8, 4) is 0 Å². The molecule has 0 amide bonds. The summed E-state index contributed by atoms with van der Waals surface area (Å²) < 4.78 is 28.5. The molecule has 0 atom stereocenters. The summed E-state index contributed by atoms with van der Waals surface area (Å²) in [5, 5.41) is 3.35. The van der Waals surface area contributed by atoms with E-state index in [2.05, 4.69) is 26.1 Å². The molecule has 0 aliphatic carbocycles. The molecular formula is C14H31N3O2S. The highest BCUT2D eigenvalue weighted by Crippen LogP contribution is 2.21. The van der Waals surface area contributed by atoms with Crippen LogP contribution >= 0.6 is 0 Å². The second-order valence-electron chi connectivity index (χ2n) is 6.00. The quantitative estimate of drug-likeness (QED) is 0.740. The van der Waals surface area contributed by atoms with Crippen molar-refractivity contribution >= 4 is 10.2 Å². The average Bonchev–Trinajstić information content (AvgIpc) is 2.42. The first-order valence-electron chi connectivity index (χ1n) is 7.87. The molecule has 0 aromatic rings. The van der Waals surface area contributed by atoms with Crippen LogP contribution in [0.3, 0.4) is 0 Å². The highest BCUT2D eigenvalue weighted by molar-refractivity contribution is 7.86. The molecule has 1 rings (SSSR count). The second-order valence-corrected chi connectivity index (χ2v) is 7.93. The zero-order valence-corrected chi connectivity index (χ0v) is 14.2. The van der Waals surface area contributed by atoms with Gasteiger partial charge in [-0.05, 0) is 37.8 Å². The first-order chi connectivity index (χ1) is 9.41. The predicted molar refractivity (Wildman–Crippen MR) is 83.8 cm³/mol. The van der Waals surface area contributed by atoms with Crippen molar-refractivity contribution in [3.05, 3.63) is 0 Å². The summed E-state index contributed by atoms with van der Waals surface area (Å²) in [5.74, 6) is 0.970. The summed E-state index contributed by atoms with van der Waals surface area (Å²) in [7, 11) is -3.27. The first-order valence-corrected chi connectivity index (χ1v) is 9.27. The fourth-order valence-electron chi connectivity index (χ4n) is 2.65. The van der Waals surface area contributed by atoms with E-state index in [0.717, 1.165) is 25.9 Å². The van der Waals surface area contributed by atoms with Crippen molar-refractivity contribution in [3.63, 3.8) is 0 Å². The lowest BCUT2D eigenvalue weighted by molar-refractivity contribution is 0.247. The molecule has 0 bridgehead atoms. The molecule has 120 valence electrons. The minimum Gasteiger partial charge on any atom is -0.317 e. The summed E-state index contributed by atoms with van der Waals surface area (Å²) in [6.07, 6.45) is 1.93. The van der Waals surface area contributed by atoms with Gasteiger partial charge in [-0.2, -0.15) is 17.0 Å². The Hall–Kier alpha value is -0.170. The Bertz CT molecular complexity index is 363. The van der Waals surface area contributed by atoms with Crippen LogP contribution in [-0.4, -0.2) is 56.3 Å². The Kier molecular flexibility index (Phi) is 7.43. The SMILES string of the molecule is CCNCC1CCN(S(=O)(=O)N(CC)CC(C)C)CC1. The van der Waals surface area contributed by atoms with Crippen molar-refractivity contribution < 1.29 is 8.42 Å². The van der Waals surface area contributed by atoms with Gasteiger partial charge < -0.3 is 5.32 Å². The average molecular weight is 305 g/mol. The molecule has 1 N–H and O–H groups in total. The number of piperidine rings is 1. The van der Waals surface area contributed by atoms with Crippen molar-refractivity contribution in [1.29, 1.82) is 0 Å². The number of nitrogens with one attached hydrogen (secondary N) is 1. The van der Waals surface area contributed by atoms with Crippen molar-refractivity contribution in [2.24, 2.45) is 11.8 Å². The lowest BCUT2D eigenvalue weighted by Gasteiger charge is -2.35. The zero-order chi connectivity index (χ0) is 15.2. The van der Waals surface area contributed by atoms with E-state index in [9.17, 15) is 8.42 Å². The van der Waals surface area contributed by atoms with Crippen LogP contribution in [0.2, 0.25) is 0 Å². The molecule has 20 heavy (non-hydrogen) atoms. The van der Waals surface area contributed by atoms with Crippen LogP contribution in [0.15, 0.2) is 0 Å². The van der Waals surface area contributed by atoms with Gasteiger partial charge in [0.1, 0.15) is 0 Å². The maximum absolute atomic E-state index is 12.6. The smallest absolute Gasteiger partial charge is 0.281 e. The molecule has 0 spiro atoms. The van der Waals surface area contributed by atoms with Crippen LogP contribution in [0.25, 0.3) is 0 Å². The summed E-state index contributed by atoms with van der Waals surface area (Å²) in [5.41, 5.74) is 0. The van der Waals surface area contributed by atoms with Gasteiger partial charge in [0.05, 0.1) is 0 Å². The molecule has 0 aromatic heterocycles. The molecule has 1 aliphatic rings. The molecular weight excluding hydrogens is 274 g/mol. The van der Waals surface area contributed by atoms with E-state index in [1.165, 1.54) is 0 Å². The van der Waals surface area contributed by atoms with E-state index < -0.39 is 10.2 Å². The van der Waals surface area contributed by atoms with E-state index in [1.807, 2.05) is 6.92 Å². The van der Waals surface area contributed by atoms with Gasteiger partial charge in [-0.25, -0.2) is 0 Å². The standard InChI is InChI=1S/C14H31N3O2S/c1-5-15-11-14-7-9-17(10-8-14)20(18,19)16(6-2)12-13(3)4/h13-15H,5-12H2,1-4H3. The van der Waals surface area contributed by atoms with Crippen LogP contribution in [0.5, 0.6) is 0 Å². The maximum Gasteiger partial charge on any atom is 0.281 e.